The van der Waals surface area contributed by atoms with E-state index in [1.807, 2.05) is 27.8 Å². The molecule has 0 aliphatic carbocycles. The third-order valence-corrected chi connectivity index (χ3v) is 3.97. The average molecular weight is 269 g/mol. The molecule has 5 heteroatoms. The van der Waals surface area contributed by atoms with Crippen LogP contribution in [0.2, 0.25) is 0 Å². The van der Waals surface area contributed by atoms with Gasteiger partial charge < -0.3 is 4.90 Å². The summed E-state index contributed by atoms with van der Waals surface area (Å²) in [4.78, 5) is 19.4. The predicted octanol–water partition coefficient (Wildman–Crippen LogP) is 2.28. The van der Waals surface area contributed by atoms with Crippen molar-refractivity contribution in [3.63, 3.8) is 0 Å². The fourth-order valence-corrected chi connectivity index (χ4v) is 2.87. The van der Waals surface area contributed by atoms with Gasteiger partial charge in [0.2, 0.25) is 5.91 Å². The molecule has 0 saturated carbocycles. The molecule has 0 aliphatic rings. The zero-order valence-electron chi connectivity index (χ0n) is 12.1. The minimum atomic E-state index is -0.189. The van der Waals surface area contributed by atoms with Gasteiger partial charge in [-0.15, -0.1) is 11.3 Å². The zero-order chi connectivity index (χ0) is 13.9. The van der Waals surface area contributed by atoms with Crippen molar-refractivity contribution in [2.45, 2.75) is 46.7 Å². The Morgan fingerprint density at radius 3 is 2.50 bits per heavy atom. The monoisotopic (exact) mass is 269 g/mol. The van der Waals surface area contributed by atoms with E-state index in [1.165, 1.54) is 4.88 Å². The van der Waals surface area contributed by atoms with Gasteiger partial charge in [-0.1, -0.05) is 0 Å². The second-order valence-electron chi connectivity index (χ2n) is 4.64. The number of carbonyl (C=O) groups excluding carboxylic acids is 1. The zero-order valence-corrected chi connectivity index (χ0v) is 12.9. The Bertz CT molecular complexity index is 416. The predicted molar refractivity (Wildman–Crippen MR) is 75.9 cm³/mol. The van der Waals surface area contributed by atoms with Crippen LogP contribution in [0.3, 0.4) is 0 Å². The highest BCUT2D eigenvalue weighted by molar-refractivity contribution is 7.11. The van der Waals surface area contributed by atoms with Crippen LogP contribution in [-0.4, -0.2) is 35.4 Å². The molecule has 1 amide bonds. The topological polar surface area (TPSA) is 45.2 Å². The van der Waals surface area contributed by atoms with Crippen LogP contribution in [0, 0.1) is 13.8 Å². The lowest BCUT2D eigenvalue weighted by Crippen LogP contribution is -2.44. The summed E-state index contributed by atoms with van der Waals surface area (Å²) in [7, 11) is 1.82. The summed E-state index contributed by atoms with van der Waals surface area (Å²) in [6.07, 6.45) is 0. The molecule has 4 nitrogen and oxygen atoms in total. The molecular weight excluding hydrogens is 246 g/mol. The third kappa shape index (κ3) is 3.53. The van der Waals surface area contributed by atoms with E-state index in [0.717, 1.165) is 17.2 Å². The van der Waals surface area contributed by atoms with Gasteiger partial charge in [-0.25, -0.2) is 4.98 Å². The first-order valence-electron chi connectivity index (χ1n) is 6.31. The maximum atomic E-state index is 12.0. The maximum absolute atomic E-state index is 12.0. The Morgan fingerprint density at radius 1 is 1.44 bits per heavy atom. The molecule has 1 aromatic heterocycles. The van der Waals surface area contributed by atoms with Gasteiger partial charge >= 0.3 is 0 Å². The fraction of sp³-hybridized carbons (Fsp3) is 0.692. The van der Waals surface area contributed by atoms with E-state index in [4.69, 9.17) is 0 Å². The van der Waals surface area contributed by atoms with Gasteiger partial charge in [-0.3, -0.25) is 10.1 Å². The van der Waals surface area contributed by atoms with Crippen molar-refractivity contribution in [1.82, 2.24) is 15.2 Å². The van der Waals surface area contributed by atoms with Crippen molar-refractivity contribution >= 4 is 17.2 Å². The minimum absolute atomic E-state index is 0.0964. The largest absolute Gasteiger partial charge is 0.345 e. The molecule has 0 saturated heterocycles. The van der Waals surface area contributed by atoms with Crippen LogP contribution in [-0.2, 0) is 4.79 Å². The quantitative estimate of drug-likeness (QED) is 0.892. The summed E-state index contributed by atoms with van der Waals surface area (Å²) >= 11 is 1.70. The summed E-state index contributed by atoms with van der Waals surface area (Å²) in [5.74, 6) is 0.119. The van der Waals surface area contributed by atoms with Crippen LogP contribution in [0.4, 0.5) is 0 Å². The Labute approximate surface area is 113 Å². The van der Waals surface area contributed by atoms with Crippen LogP contribution in [0.15, 0.2) is 0 Å². The highest BCUT2D eigenvalue weighted by Gasteiger charge is 2.21. The van der Waals surface area contributed by atoms with Crippen molar-refractivity contribution in [2.75, 3.05) is 13.6 Å². The lowest BCUT2D eigenvalue weighted by Gasteiger charge is -2.23. The maximum Gasteiger partial charge on any atom is 0.239 e. The molecule has 1 heterocycles. The van der Waals surface area contributed by atoms with Gasteiger partial charge in [0.15, 0.2) is 0 Å². The van der Waals surface area contributed by atoms with Gasteiger partial charge in [0.05, 0.1) is 16.7 Å². The standard InChI is InChI=1S/C13H23N3OS/c1-7-16(6)13(17)9(3)14-8(2)12-10(4)18-11(5)15-12/h8-9,14H,7H2,1-6H3. The van der Waals surface area contributed by atoms with Crippen molar-refractivity contribution in [2.24, 2.45) is 0 Å². The van der Waals surface area contributed by atoms with Gasteiger partial charge in [0.25, 0.3) is 0 Å². The summed E-state index contributed by atoms with van der Waals surface area (Å²) < 4.78 is 0. The molecule has 0 spiro atoms. The summed E-state index contributed by atoms with van der Waals surface area (Å²) in [5, 5.41) is 4.39. The number of carbonyl (C=O) groups is 1. The van der Waals surface area contributed by atoms with E-state index in [-0.39, 0.29) is 18.0 Å². The lowest BCUT2D eigenvalue weighted by molar-refractivity contribution is -0.131. The molecule has 0 fully saturated rings. The van der Waals surface area contributed by atoms with Gasteiger partial charge in [-0.2, -0.15) is 0 Å². The van der Waals surface area contributed by atoms with Crippen molar-refractivity contribution in [3.05, 3.63) is 15.6 Å². The minimum Gasteiger partial charge on any atom is -0.345 e. The van der Waals surface area contributed by atoms with E-state index in [9.17, 15) is 4.79 Å². The van der Waals surface area contributed by atoms with Crippen LogP contribution in [0.1, 0.15) is 42.4 Å². The highest BCUT2D eigenvalue weighted by Crippen LogP contribution is 2.22. The summed E-state index contributed by atoms with van der Waals surface area (Å²) in [6.45, 7) is 10.7. The number of hydrogen-bond acceptors (Lipinski definition) is 4. The van der Waals surface area contributed by atoms with E-state index >= 15 is 0 Å². The number of likely N-dealkylation sites (N-methyl/N-ethyl adjacent to an activating group) is 1. The van der Waals surface area contributed by atoms with E-state index in [2.05, 4.69) is 24.1 Å². The highest BCUT2D eigenvalue weighted by atomic mass is 32.1. The number of nitrogens with zero attached hydrogens (tertiary/aromatic N) is 2. The van der Waals surface area contributed by atoms with Crippen LogP contribution >= 0.6 is 11.3 Å². The number of aromatic nitrogens is 1. The molecule has 0 radical (unpaired) electrons. The molecule has 18 heavy (non-hydrogen) atoms. The van der Waals surface area contributed by atoms with Crippen LogP contribution < -0.4 is 5.32 Å². The Hall–Kier alpha value is -0.940. The number of rotatable bonds is 5. The molecule has 2 unspecified atom stereocenters. The fourth-order valence-electron chi connectivity index (χ4n) is 1.96. The van der Waals surface area contributed by atoms with Crippen LogP contribution in [0.25, 0.3) is 0 Å². The first-order chi connectivity index (χ1) is 8.36. The number of hydrogen-bond donors (Lipinski definition) is 1. The molecule has 102 valence electrons. The van der Waals surface area contributed by atoms with Gasteiger partial charge in [0.1, 0.15) is 0 Å². The van der Waals surface area contributed by atoms with Crippen molar-refractivity contribution in [1.29, 1.82) is 0 Å². The molecule has 1 rings (SSSR count). The molecule has 0 aliphatic heterocycles. The Morgan fingerprint density at radius 2 is 2.06 bits per heavy atom. The second kappa shape index (κ2) is 6.29. The van der Waals surface area contributed by atoms with Crippen molar-refractivity contribution in [3.8, 4) is 0 Å². The summed E-state index contributed by atoms with van der Waals surface area (Å²) in [5.41, 5.74) is 1.05. The number of thiazole rings is 1. The van der Waals surface area contributed by atoms with Crippen LogP contribution in [0.5, 0.6) is 0 Å². The van der Waals surface area contributed by atoms with Gasteiger partial charge in [-0.05, 0) is 34.6 Å². The molecule has 0 bridgehead atoms. The normalized spacial score (nSPS) is 14.3. The molecule has 0 aromatic carbocycles. The molecule has 2 atom stereocenters. The smallest absolute Gasteiger partial charge is 0.239 e. The second-order valence-corrected chi connectivity index (χ2v) is 6.04. The number of nitrogens with one attached hydrogen (secondary N) is 1. The SMILES string of the molecule is CCN(C)C(=O)C(C)NC(C)c1nc(C)sc1C. The number of amides is 1. The van der Waals surface area contributed by atoms with Gasteiger partial charge in [0, 0.05) is 24.5 Å². The summed E-state index contributed by atoms with van der Waals surface area (Å²) in [6, 6.07) is -0.0921. The average Bonchev–Trinajstić information content (AvgIpc) is 2.66. The van der Waals surface area contributed by atoms with E-state index in [0.29, 0.717) is 0 Å². The van der Waals surface area contributed by atoms with Crippen molar-refractivity contribution < 1.29 is 4.79 Å². The van der Waals surface area contributed by atoms with E-state index < -0.39 is 0 Å². The third-order valence-electron chi connectivity index (χ3n) is 3.07. The Balaban J connectivity index is 2.67. The number of aryl methyl sites for hydroxylation is 2. The molecular formula is C13H23N3OS. The first-order valence-corrected chi connectivity index (χ1v) is 7.13. The van der Waals surface area contributed by atoms with E-state index in [1.54, 1.807) is 16.2 Å². The Kier molecular flexibility index (Phi) is 5.28. The lowest BCUT2D eigenvalue weighted by atomic mass is 10.2. The first kappa shape index (κ1) is 15.1. The molecule has 1 aromatic rings. The molecule has 1 N–H and O–H groups in total.